The molecule has 21 heavy (non-hydrogen) atoms. The molecule has 1 aromatic carbocycles. The molecule has 0 aliphatic heterocycles. The Kier molecular flexibility index (Phi) is 4.45. The van der Waals surface area contributed by atoms with E-state index in [2.05, 4.69) is 5.32 Å². The number of nitro benzene ring substituents is 1. The van der Waals surface area contributed by atoms with Crippen LogP contribution in [0.2, 0.25) is 0 Å². The van der Waals surface area contributed by atoms with Gasteiger partial charge in [-0.1, -0.05) is 0 Å². The molecule has 0 unspecified atom stereocenters. The minimum absolute atomic E-state index is 0.0424. The molecular formula is C12H13F3N2O4. The summed E-state index contributed by atoms with van der Waals surface area (Å²) < 4.78 is 38.4. The molecule has 0 heterocycles. The van der Waals surface area contributed by atoms with Crippen molar-refractivity contribution in [2.75, 3.05) is 5.32 Å². The van der Waals surface area contributed by atoms with Crippen molar-refractivity contribution in [1.29, 1.82) is 0 Å². The van der Waals surface area contributed by atoms with Gasteiger partial charge in [0, 0.05) is 17.3 Å². The van der Waals surface area contributed by atoms with Crippen LogP contribution < -0.4 is 5.32 Å². The second-order valence-electron chi connectivity index (χ2n) is 5.07. The van der Waals surface area contributed by atoms with Crippen LogP contribution in [0, 0.1) is 10.1 Å². The normalized spacial score (nSPS) is 12.0. The van der Waals surface area contributed by atoms with Crippen LogP contribution in [0.4, 0.5) is 24.5 Å². The van der Waals surface area contributed by atoms with Crippen LogP contribution in [0.1, 0.15) is 25.8 Å². The van der Waals surface area contributed by atoms with E-state index in [1.165, 1.54) is 13.8 Å². The van der Waals surface area contributed by atoms with Gasteiger partial charge in [-0.25, -0.2) is 0 Å². The van der Waals surface area contributed by atoms with Crippen molar-refractivity contribution in [3.05, 3.63) is 33.9 Å². The highest BCUT2D eigenvalue weighted by Crippen LogP contribution is 2.38. The molecule has 0 radical (unpaired) electrons. The number of carboxylic acid groups (broad SMARTS) is 1. The van der Waals surface area contributed by atoms with E-state index in [9.17, 15) is 28.1 Å². The van der Waals surface area contributed by atoms with E-state index < -0.39 is 33.9 Å². The standard InChI is InChI=1S/C12H13F3N2O4/c1-11(2,6-10(18)19)16-7-3-4-9(17(20)21)8(5-7)12(13,14)15/h3-5,16H,6H2,1-2H3,(H,18,19). The Morgan fingerprint density at radius 1 is 1.38 bits per heavy atom. The molecule has 0 aliphatic rings. The van der Waals surface area contributed by atoms with Crippen molar-refractivity contribution in [3.63, 3.8) is 0 Å². The average molecular weight is 306 g/mol. The van der Waals surface area contributed by atoms with Crippen molar-refractivity contribution in [2.24, 2.45) is 0 Å². The van der Waals surface area contributed by atoms with E-state index >= 15 is 0 Å². The molecule has 0 atom stereocenters. The first-order valence-corrected chi connectivity index (χ1v) is 5.78. The molecule has 0 aromatic heterocycles. The molecule has 0 fully saturated rings. The second-order valence-corrected chi connectivity index (χ2v) is 5.07. The van der Waals surface area contributed by atoms with Crippen LogP contribution >= 0.6 is 0 Å². The summed E-state index contributed by atoms with van der Waals surface area (Å²) in [5.74, 6) is -1.12. The first-order valence-electron chi connectivity index (χ1n) is 5.78. The number of alkyl halides is 3. The summed E-state index contributed by atoms with van der Waals surface area (Å²) in [6, 6.07) is 2.45. The van der Waals surface area contributed by atoms with Crippen LogP contribution in [-0.2, 0) is 11.0 Å². The SMILES string of the molecule is CC(C)(CC(=O)O)Nc1ccc([N+](=O)[O-])c(C(F)(F)F)c1. The first-order chi connectivity index (χ1) is 9.42. The Morgan fingerprint density at radius 2 is 1.95 bits per heavy atom. The molecule has 0 spiro atoms. The maximum atomic E-state index is 12.8. The maximum Gasteiger partial charge on any atom is 0.423 e. The summed E-state index contributed by atoms with van der Waals surface area (Å²) in [7, 11) is 0. The number of nitrogens with zero attached hydrogens (tertiary/aromatic N) is 1. The van der Waals surface area contributed by atoms with E-state index in [0.717, 1.165) is 12.1 Å². The van der Waals surface area contributed by atoms with Gasteiger partial charge in [0.1, 0.15) is 5.56 Å². The molecule has 116 valence electrons. The van der Waals surface area contributed by atoms with Crippen LogP contribution in [0.15, 0.2) is 18.2 Å². The quantitative estimate of drug-likeness (QED) is 0.643. The van der Waals surface area contributed by atoms with Gasteiger partial charge in [-0.2, -0.15) is 13.2 Å². The Hall–Kier alpha value is -2.32. The van der Waals surface area contributed by atoms with Crippen molar-refractivity contribution in [2.45, 2.75) is 32.0 Å². The lowest BCUT2D eigenvalue weighted by Crippen LogP contribution is -2.33. The highest BCUT2D eigenvalue weighted by atomic mass is 19.4. The Bertz CT molecular complexity index is 570. The lowest BCUT2D eigenvalue weighted by molar-refractivity contribution is -0.388. The van der Waals surface area contributed by atoms with E-state index in [4.69, 9.17) is 5.11 Å². The highest BCUT2D eigenvalue weighted by Gasteiger charge is 2.38. The second kappa shape index (κ2) is 5.58. The van der Waals surface area contributed by atoms with Gasteiger partial charge in [0.2, 0.25) is 0 Å². The minimum atomic E-state index is -4.88. The summed E-state index contributed by atoms with van der Waals surface area (Å²) >= 11 is 0. The van der Waals surface area contributed by atoms with Crippen molar-refractivity contribution in [3.8, 4) is 0 Å². The van der Waals surface area contributed by atoms with Gasteiger partial charge >= 0.3 is 12.1 Å². The molecule has 1 rings (SSSR count). The first kappa shape index (κ1) is 16.7. The van der Waals surface area contributed by atoms with Gasteiger partial charge in [-0.3, -0.25) is 14.9 Å². The number of halogens is 3. The predicted molar refractivity (Wildman–Crippen MR) is 68.1 cm³/mol. The third kappa shape index (κ3) is 4.62. The smallest absolute Gasteiger partial charge is 0.423 e. The third-order valence-corrected chi connectivity index (χ3v) is 2.57. The van der Waals surface area contributed by atoms with E-state index in [1.54, 1.807) is 0 Å². The largest absolute Gasteiger partial charge is 0.481 e. The molecular weight excluding hydrogens is 293 g/mol. The number of benzene rings is 1. The molecule has 0 aliphatic carbocycles. The van der Waals surface area contributed by atoms with Crippen molar-refractivity contribution < 1.29 is 28.0 Å². The predicted octanol–water partition coefficient (Wildman–Crippen LogP) is 3.28. The topological polar surface area (TPSA) is 92.5 Å². The number of nitro groups is 1. The van der Waals surface area contributed by atoms with Gasteiger partial charge in [0.25, 0.3) is 5.69 Å². The Morgan fingerprint density at radius 3 is 2.38 bits per heavy atom. The number of anilines is 1. The summed E-state index contributed by atoms with van der Waals surface area (Å²) in [5, 5.41) is 22.0. The van der Waals surface area contributed by atoms with Crippen LogP contribution in [0.3, 0.4) is 0 Å². The molecule has 6 nitrogen and oxygen atoms in total. The van der Waals surface area contributed by atoms with E-state index in [1.807, 2.05) is 0 Å². The molecule has 0 saturated carbocycles. The fraction of sp³-hybridized carbons (Fsp3) is 0.417. The lowest BCUT2D eigenvalue weighted by Gasteiger charge is -2.26. The monoisotopic (exact) mass is 306 g/mol. The molecule has 0 bridgehead atoms. The van der Waals surface area contributed by atoms with E-state index in [-0.39, 0.29) is 12.1 Å². The highest BCUT2D eigenvalue weighted by molar-refractivity contribution is 5.69. The van der Waals surface area contributed by atoms with E-state index in [0.29, 0.717) is 6.07 Å². The number of nitrogens with one attached hydrogen (secondary N) is 1. The number of hydrogen-bond acceptors (Lipinski definition) is 4. The zero-order valence-electron chi connectivity index (χ0n) is 11.2. The van der Waals surface area contributed by atoms with Gasteiger partial charge in [-0.15, -0.1) is 0 Å². The Balaban J connectivity index is 3.17. The number of hydrogen-bond donors (Lipinski definition) is 2. The zero-order valence-corrected chi connectivity index (χ0v) is 11.2. The maximum absolute atomic E-state index is 12.8. The summed E-state index contributed by atoms with van der Waals surface area (Å²) in [6.45, 7) is 2.99. The number of rotatable bonds is 5. The van der Waals surface area contributed by atoms with Gasteiger partial charge in [0.05, 0.1) is 11.3 Å². The molecule has 0 amide bonds. The van der Waals surface area contributed by atoms with Crippen LogP contribution in [0.5, 0.6) is 0 Å². The van der Waals surface area contributed by atoms with Gasteiger partial charge in [0.15, 0.2) is 0 Å². The fourth-order valence-electron chi connectivity index (χ4n) is 1.81. The van der Waals surface area contributed by atoms with Crippen LogP contribution in [-0.4, -0.2) is 21.5 Å². The fourth-order valence-corrected chi connectivity index (χ4v) is 1.81. The number of carbonyl (C=O) groups is 1. The number of aliphatic carboxylic acids is 1. The van der Waals surface area contributed by atoms with Crippen molar-refractivity contribution in [1.82, 2.24) is 0 Å². The Labute approximate surface area is 117 Å². The third-order valence-electron chi connectivity index (χ3n) is 2.57. The zero-order chi connectivity index (χ0) is 16.4. The molecule has 0 saturated heterocycles. The molecule has 1 aromatic rings. The number of carboxylic acids is 1. The van der Waals surface area contributed by atoms with Gasteiger partial charge < -0.3 is 10.4 Å². The lowest BCUT2D eigenvalue weighted by atomic mass is 10.00. The average Bonchev–Trinajstić information content (AvgIpc) is 2.24. The summed E-state index contributed by atoms with van der Waals surface area (Å²) in [5.41, 5.74) is -3.49. The van der Waals surface area contributed by atoms with Crippen molar-refractivity contribution >= 4 is 17.3 Å². The summed E-state index contributed by atoms with van der Waals surface area (Å²) in [6.07, 6.45) is -5.21. The molecule has 9 heteroatoms. The molecule has 2 N–H and O–H groups in total. The summed E-state index contributed by atoms with van der Waals surface area (Å²) in [4.78, 5) is 20.2. The van der Waals surface area contributed by atoms with Crippen LogP contribution in [0.25, 0.3) is 0 Å². The minimum Gasteiger partial charge on any atom is -0.481 e. The van der Waals surface area contributed by atoms with Gasteiger partial charge in [-0.05, 0) is 26.0 Å².